The number of nitrogens with zero attached hydrogens (tertiary/aromatic N) is 1. The summed E-state index contributed by atoms with van der Waals surface area (Å²) in [7, 11) is -3.60. The molecule has 1 aliphatic heterocycles. The number of benzene rings is 1. The first-order valence-electron chi connectivity index (χ1n) is 8.70. The maximum Gasteiger partial charge on any atom is 0.252 e. The predicted molar refractivity (Wildman–Crippen MR) is 113 cm³/mol. The van der Waals surface area contributed by atoms with Gasteiger partial charge >= 0.3 is 0 Å². The highest BCUT2D eigenvalue weighted by Gasteiger charge is 2.34. The van der Waals surface area contributed by atoms with Gasteiger partial charge in [-0.15, -0.1) is 11.3 Å². The summed E-state index contributed by atoms with van der Waals surface area (Å²) >= 11 is 4.45. The number of carbonyl (C=O) groups excluding carboxylic acids is 2. The summed E-state index contributed by atoms with van der Waals surface area (Å²) in [5, 5.41) is 5.49. The summed E-state index contributed by atoms with van der Waals surface area (Å²) in [5.74, 6) is -0.792. The van der Waals surface area contributed by atoms with Crippen molar-refractivity contribution < 1.29 is 18.0 Å². The lowest BCUT2D eigenvalue weighted by atomic mass is 9.98. The lowest BCUT2D eigenvalue weighted by Crippen LogP contribution is -2.43. The second-order valence-electron chi connectivity index (χ2n) is 6.51. The molecule has 0 radical (unpaired) electrons. The molecule has 7 nitrogen and oxygen atoms in total. The third-order valence-corrected chi connectivity index (χ3v) is 8.33. The number of nitrogens with one attached hydrogen (secondary N) is 2. The predicted octanol–water partition coefficient (Wildman–Crippen LogP) is 3.51. The zero-order chi connectivity index (χ0) is 20.3. The number of rotatable bonds is 5. The maximum atomic E-state index is 12.8. The van der Waals surface area contributed by atoms with Gasteiger partial charge in [0.25, 0.3) is 10.0 Å². The second-order valence-corrected chi connectivity index (χ2v) is 11.1. The van der Waals surface area contributed by atoms with Crippen LogP contribution in [0.2, 0.25) is 0 Å². The van der Waals surface area contributed by atoms with E-state index in [1.54, 1.807) is 36.4 Å². The standard InChI is InChI=1S/C18H20BrN3O4S2/c1-12(23)20-14-4-6-15(7-5-14)21-18(24)13-3-2-10-22(11-13)28(25,26)17-9-8-16(19)27-17/h4-9,13H,2-3,10-11H2,1H3,(H,20,23)(H,21,24). The van der Waals surface area contributed by atoms with Crippen LogP contribution in [-0.2, 0) is 19.6 Å². The largest absolute Gasteiger partial charge is 0.326 e. The number of piperidine rings is 1. The number of halogens is 1. The molecule has 28 heavy (non-hydrogen) atoms. The van der Waals surface area contributed by atoms with E-state index < -0.39 is 15.9 Å². The van der Waals surface area contributed by atoms with Crippen molar-refractivity contribution in [3.8, 4) is 0 Å². The summed E-state index contributed by atoms with van der Waals surface area (Å²) in [5.41, 5.74) is 1.24. The summed E-state index contributed by atoms with van der Waals surface area (Å²) in [6.45, 7) is 1.99. The summed E-state index contributed by atoms with van der Waals surface area (Å²) in [6, 6.07) is 10.1. The molecule has 0 bridgehead atoms. The first kappa shape index (κ1) is 21.0. The van der Waals surface area contributed by atoms with Crippen LogP contribution in [0.15, 0.2) is 44.4 Å². The molecule has 10 heteroatoms. The minimum atomic E-state index is -3.60. The molecule has 0 aliphatic carbocycles. The number of hydrogen-bond donors (Lipinski definition) is 2. The number of hydrogen-bond acceptors (Lipinski definition) is 5. The van der Waals surface area contributed by atoms with Gasteiger partial charge in [0.05, 0.1) is 9.70 Å². The van der Waals surface area contributed by atoms with Gasteiger partial charge in [-0.25, -0.2) is 8.42 Å². The van der Waals surface area contributed by atoms with Crippen molar-refractivity contribution >= 4 is 60.5 Å². The maximum absolute atomic E-state index is 12.8. The minimum Gasteiger partial charge on any atom is -0.326 e. The molecule has 0 saturated carbocycles. The van der Waals surface area contributed by atoms with Crippen LogP contribution in [-0.4, -0.2) is 37.6 Å². The molecule has 1 fully saturated rings. The number of thiophene rings is 1. The highest BCUT2D eigenvalue weighted by Crippen LogP contribution is 2.31. The summed E-state index contributed by atoms with van der Waals surface area (Å²) in [4.78, 5) is 23.7. The number of anilines is 2. The van der Waals surface area contributed by atoms with E-state index in [9.17, 15) is 18.0 Å². The molecule has 1 aliphatic rings. The van der Waals surface area contributed by atoms with Crippen molar-refractivity contribution in [2.45, 2.75) is 24.0 Å². The van der Waals surface area contributed by atoms with E-state index in [1.807, 2.05) is 0 Å². The van der Waals surface area contributed by atoms with Crippen molar-refractivity contribution in [1.29, 1.82) is 0 Å². The Morgan fingerprint density at radius 2 is 1.75 bits per heavy atom. The Kier molecular flexibility index (Phi) is 6.54. The van der Waals surface area contributed by atoms with E-state index >= 15 is 0 Å². The lowest BCUT2D eigenvalue weighted by molar-refractivity contribution is -0.121. The van der Waals surface area contributed by atoms with Crippen molar-refractivity contribution in [3.05, 3.63) is 40.2 Å². The summed E-state index contributed by atoms with van der Waals surface area (Å²) in [6.07, 6.45) is 1.27. The molecular formula is C18H20BrN3O4S2. The van der Waals surface area contributed by atoms with Gasteiger partial charge in [-0.3, -0.25) is 9.59 Å². The van der Waals surface area contributed by atoms with Gasteiger partial charge in [-0.1, -0.05) is 0 Å². The molecule has 2 heterocycles. The van der Waals surface area contributed by atoms with Crippen LogP contribution in [0.1, 0.15) is 19.8 Å². The van der Waals surface area contributed by atoms with E-state index in [0.717, 1.165) is 15.1 Å². The SMILES string of the molecule is CC(=O)Nc1ccc(NC(=O)C2CCCN(S(=O)(=O)c3ccc(Br)s3)C2)cc1. The van der Waals surface area contributed by atoms with Crippen LogP contribution >= 0.6 is 27.3 Å². The summed E-state index contributed by atoms with van der Waals surface area (Å²) < 4.78 is 28.0. The second kappa shape index (κ2) is 8.73. The van der Waals surface area contributed by atoms with Crippen LogP contribution < -0.4 is 10.6 Å². The molecule has 1 unspecified atom stereocenters. The van der Waals surface area contributed by atoms with Gasteiger partial charge in [0.15, 0.2) is 0 Å². The van der Waals surface area contributed by atoms with Gasteiger partial charge < -0.3 is 10.6 Å². The average molecular weight is 486 g/mol. The highest BCUT2D eigenvalue weighted by molar-refractivity contribution is 9.11. The molecule has 1 saturated heterocycles. The number of amides is 2. The molecule has 150 valence electrons. The monoisotopic (exact) mass is 485 g/mol. The molecular weight excluding hydrogens is 466 g/mol. The van der Waals surface area contributed by atoms with E-state index in [2.05, 4.69) is 26.6 Å². The van der Waals surface area contributed by atoms with Crippen LogP contribution in [0.5, 0.6) is 0 Å². The van der Waals surface area contributed by atoms with Crippen LogP contribution in [0, 0.1) is 5.92 Å². The Morgan fingerprint density at radius 1 is 1.11 bits per heavy atom. The lowest BCUT2D eigenvalue weighted by Gasteiger charge is -2.30. The van der Waals surface area contributed by atoms with Crippen LogP contribution in [0.4, 0.5) is 11.4 Å². The number of carbonyl (C=O) groups is 2. The first-order chi connectivity index (χ1) is 13.3. The molecule has 2 N–H and O–H groups in total. The first-order valence-corrected chi connectivity index (χ1v) is 11.7. The van der Waals surface area contributed by atoms with Gasteiger partial charge in [-0.2, -0.15) is 4.31 Å². The molecule has 1 aromatic carbocycles. The van der Waals surface area contributed by atoms with Gasteiger partial charge in [0, 0.05) is 31.4 Å². The fourth-order valence-electron chi connectivity index (χ4n) is 3.02. The third kappa shape index (κ3) is 4.99. The van der Waals surface area contributed by atoms with Crippen molar-refractivity contribution in [2.75, 3.05) is 23.7 Å². The Bertz CT molecular complexity index is 973. The minimum absolute atomic E-state index is 0.160. The zero-order valence-corrected chi connectivity index (χ0v) is 18.4. The van der Waals surface area contributed by atoms with E-state index in [0.29, 0.717) is 30.8 Å². The third-order valence-electron chi connectivity index (χ3n) is 4.37. The number of sulfonamides is 1. The van der Waals surface area contributed by atoms with Crippen molar-refractivity contribution in [3.63, 3.8) is 0 Å². The van der Waals surface area contributed by atoms with Crippen molar-refractivity contribution in [1.82, 2.24) is 4.31 Å². The molecule has 3 rings (SSSR count). The Labute approximate surface area is 176 Å². The van der Waals surface area contributed by atoms with E-state index in [4.69, 9.17) is 0 Å². The average Bonchev–Trinajstić information content (AvgIpc) is 3.10. The van der Waals surface area contributed by atoms with Gasteiger partial charge in [-0.05, 0) is 65.2 Å². The zero-order valence-electron chi connectivity index (χ0n) is 15.1. The Balaban J connectivity index is 1.65. The molecule has 0 spiro atoms. The quantitative estimate of drug-likeness (QED) is 0.676. The Hall–Kier alpha value is -1.75. The van der Waals surface area contributed by atoms with Gasteiger partial charge in [0.2, 0.25) is 11.8 Å². The van der Waals surface area contributed by atoms with E-state index in [1.165, 1.54) is 11.2 Å². The van der Waals surface area contributed by atoms with E-state index in [-0.39, 0.29) is 22.6 Å². The fourth-order valence-corrected chi connectivity index (χ4v) is 6.71. The van der Waals surface area contributed by atoms with Gasteiger partial charge in [0.1, 0.15) is 4.21 Å². The highest BCUT2D eigenvalue weighted by atomic mass is 79.9. The Morgan fingerprint density at radius 3 is 2.32 bits per heavy atom. The molecule has 1 atom stereocenters. The van der Waals surface area contributed by atoms with Crippen molar-refractivity contribution in [2.24, 2.45) is 5.92 Å². The fraction of sp³-hybridized carbons (Fsp3) is 0.333. The van der Waals surface area contributed by atoms with Crippen LogP contribution in [0.3, 0.4) is 0 Å². The normalized spacial score (nSPS) is 17.9. The molecule has 2 amide bonds. The van der Waals surface area contributed by atoms with Crippen LogP contribution in [0.25, 0.3) is 0 Å². The topological polar surface area (TPSA) is 95.6 Å². The molecule has 2 aromatic rings. The molecule has 1 aromatic heterocycles. The smallest absolute Gasteiger partial charge is 0.252 e.